The van der Waals surface area contributed by atoms with Gasteiger partial charge in [-0.25, -0.2) is 4.68 Å². The molecule has 3 atom stereocenters. The van der Waals surface area contributed by atoms with Crippen LogP contribution in [-0.4, -0.2) is 29.5 Å². The van der Waals surface area contributed by atoms with E-state index in [1.807, 2.05) is 6.20 Å². The lowest BCUT2D eigenvalue weighted by molar-refractivity contribution is -0.0366. The van der Waals surface area contributed by atoms with E-state index in [9.17, 15) is 0 Å². The Morgan fingerprint density at radius 3 is 2.86 bits per heavy atom. The van der Waals surface area contributed by atoms with E-state index in [1.54, 1.807) is 5.56 Å². The van der Waals surface area contributed by atoms with E-state index >= 15 is 0 Å². The highest BCUT2D eigenvalue weighted by atomic mass is 16.5. The molecule has 2 aromatic rings. The van der Waals surface area contributed by atoms with Crippen LogP contribution in [0.5, 0.6) is 0 Å². The summed E-state index contributed by atoms with van der Waals surface area (Å²) in [7, 11) is 0. The molecule has 2 aliphatic heterocycles. The van der Waals surface area contributed by atoms with Crippen LogP contribution in [0.1, 0.15) is 42.5 Å². The van der Waals surface area contributed by atoms with Crippen molar-refractivity contribution >= 4 is 10.9 Å². The molecule has 1 aliphatic carbocycles. The van der Waals surface area contributed by atoms with Crippen LogP contribution in [0.25, 0.3) is 10.9 Å². The van der Waals surface area contributed by atoms with Crippen LogP contribution in [0, 0.1) is 18.8 Å². The lowest BCUT2D eigenvalue weighted by atomic mass is 9.99. The summed E-state index contributed by atoms with van der Waals surface area (Å²) in [6, 6.07) is 4.72. The molecule has 5 rings (SSSR count). The number of hydrogen-bond acceptors (Lipinski definition) is 3. The van der Waals surface area contributed by atoms with E-state index in [2.05, 4.69) is 34.2 Å². The molecule has 0 bridgehead atoms. The van der Waals surface area contributed by atoms with Crippen molar-refractivity contribution in [1.82, 2.24) is 15.1 Å². The maximum atomic E-state index is 5.94. The van der Waals surface area contributed by atoms with Gasteiger partial charge in [-0.3, -0.25) is 0 Å². The largest absolute Gasteiger partial charge is 0.356 e. The second kappa shape index (κ2) is 4.80. The second-order valence-electron chi connectivity index (χ2n) is 7.19. The molecule has 116 valence electrons. The maximum absolute atomic E-state index is 5.94. The average Bonchev–Trinajstić information content (AvgIpc) is 2.91. The van der Waals surface area contributed by atoms with Gasteiger partial charge in [-0.05, 0) is 80.3 Å². The number of benzene rings is 1. The van der Waals surface area contributed by atoms with Crippen molar-refractivity contribution in [2.75, 3.05) is 19.7 Å². The first-order valence-corrected chi connectivity index (χ1v) is 8.63. The molecule has 0 spiro atoms. The number of hydrogen-bond donors (Lipinski definition) is 1. The molecule has 0 amide bonds. The van der Waals surface area contributed by atoms with Crippen molar-refractivity contribution in [1.29, 1.82) is 0 Å². The van der Waals surface area contributed by atoms with Crippen molar-refractivity contribution < 1.29 is 4.74 Å². The first-order chi connectivity index (χ1) is 10.8. The van der Waals surface area contributed by atoms with E-state index in [1.165, 1.54) is 42.4 Å². The first-order valence-electron chi connectivity index (χ1n) is 8.63. The number of aryl methyl sites for hydroxylation is 1. The van der Waals surface area contributed by atoms with Crippen LogP contribution >= 0.6 is 0 Å². The summed E-state index contributed by atoms with van der Waals surface area (Å²) in [4.78, 5) is 0. The third-order valence-corrected chi connectivity index (χ3v) is 5.86. The highest BCUT2D eigenvalue weighted by molar-refractivity contribution is 5.81. The van der Waals surface area contributed by atoms with Gasteiger partial charge in [0, 0.05) is 12.0 Å². The molecule has 1 aromatic carbocycles. The van der Waals surface area contributed by atoms with E-state index < -0.39 is 0 Å². The Balaban J connectivity index is 1.56. The second-order valence-corrected chi connectivity index (χ2v) is 7.19. The van der Waals surface area contributed by atoms with Crippen LogP contribution < -0.4 is 5.32 Å². The summed E-state index contributed by atoms with van der Waals surface area (Å²) in [5.74, 6) is 2.48. The number of fused-ring (bicyclic) bond motifs is 2. The molecule has 3 aliphatic rings. The fraction of sp³-hybridized carbons (Fsp3) is 0.611. The molecule has 0 radical (unpaired) electrons. The zero-order valence-electron chi connectivity index (χ0n) is 13.1. The third kappa shape index (κ3) is 1.87. The highest BCUT2D eigenvalue weighted by Crippen LogP contribution is 2.56. The van der Waals surface area contributed by atoms with E-state index in [4.69, 9.17) is 4.74 Å². The topological polar surface area (TPSA) is 39.1 Å². The van der Waals surface area contributed by atoms with Gasteiger partial charge in [0.05, 0.1) is 11.7 Å². The Kier molecular flexibility index (Phi) is 2.86. The first kappa shape index (κ1) is 13.1. The monoisotopic (exact) mass is 297 g/mol. The zero-order chi connectivity index (χ0) is 14.7. The molecule has 3 fully saturated rings. The van der Waals surface area contributed by atoms with Crippen molar-refractivity contribution in [3.05, 3.63) is 29.5 Å². The van der Waals surface area contributed by atoms with Crippen LogP contribution in [0.4, 0.5) is 0 Å². The molecule has 22 heavy (non-hydrogen) atoms. The fourth-order valence-electron chi connectivity index (χ4n) is 4.61. The Labute approximate surface area is 130 Å². The van der Waals surface area contributed by atoms with Gasteiger partial charge >= 0.3 is 0 Å². The molecular formula is C18H23N3O. The van der Waals surface area contributed by atoms with Crippen molar-refractivity contribution in [2.45, 2.75) is 38.3 Å². The molecule has 2 saturated heterocycles. The summed E-state index contributed by atoms with van der Waals surface area (Å²) >= 11 is 0. The van der Waals surface area contributed by atoms with Crippen molar-refractivity contribution in [3.63, 3.8) is 0 Å². The number of nitrogens with zero attached hydrogens (tertiary/aromatic N) is 2. The fourth-order valence-corrected chi connectivity index (χ4v) is 4.61. The van der Waals surface area contributed by atoms with Gasteiger partial charge < -0.3 is 10.1 Å². The summed E-state index contributed by atoms with van der Waals surface area (Å²) in [6.45, 7) is 5.50. The third-order valence-electron chi connectivity index (χ3n) is 5.86. The van der Waals surface area contributed by atoms with Gasteiger partial charge in [-0.2, -0.15) is 5.10 Å². The predicted octanol–water partition coefficient (Wildman–Crippen LogP) is 2.98. The average molecular weight is 297 g/mol. The summed E-state index contributed by atoms with van der Waals surface area (Å²) in [6.07, 6.45) is 5.63. The molecule has 1 aromatic heterocycles. The summed E-state index contributed by atoms with van der Waals surface area (Å²) in [5.41, 5.74) is 4.23. The number of ether oxygens (including phenoxy) is 1. The van der Waals surface area contributed by atoms with Gasteiger partial charge in [0.1, 0.15) is 0 Å². The number of piperidine rings is 1. The smallest absolute Gasteiger partial charge is 0.150 e. The minimum atomic E-state index is 0.127. The molecular weight excluding hydrogens is 274 g/mol. The van der Waals surface area contributed by atoms with Crippen molar-refractivity contribution in [3.8, 4) is 0 Å². The van der Waals surface area contributed by atoms with Crippen LogP contribution in [-0.2, 0) is 4.74 Å². The minimum Gasteiger partial charge on any atom is -0.356 e. The normalized spacial score (nSPS) is 34.0. The van der Waals surface area contributed by atoms with Crippen LogP contribution in [0.15, 0.2) is 18.3 Å². The van der Waals surface area contributed by atoms with E-state index in [-0.39, 0.29) is 6.23 Å². The molecule has 1 N–H and O–H groups in total. The highest BCUT2D eigenvalue weighted by Gasteiger charge is 2.53. The standard InChI is InChI=1S/C18H23N3O/c1-11-6-12-8-20-21(17-4-2-3-5-22-17)16(12)7-13(11)18-14-9-19-10-15(14)18/h6-8,14-15,17-19H,2-5,9-10H2,1H3. The number of aromatic nitrogens is 2. The maximum Gasteiger partial charge on any atom is 0.150 e. The molecule has 4 heteroatoms. The van der Waals surface area contributed by atoms with Gasteiger partial charge in [-0.1, -0.05) is 0 Å². The Bertz CT molecular complexity index is 706. The quantitative estimate of drug-likeness (QED) is 0.926. The molecule has 1 saturated carbocycles. The van der Waals surface area contributed by atoms with Crippen molar-refractivity contribution in [2.24, 2.45) is 11.8 Å². The van der Waals surface area contributed by atoms with Gasteiger partial charge in [-0.15, -0.1) is 0 Å². The molecule has 4 nitrogen and oxygen atoms in total. The van der Waals surface area contributed by atoms with Crippen LogP contribution in [0.2, 0.25) is 0 Å². The predicted molar refractivity (Wildman–Crippen MR) is 85.9 cm³/mol. The Hall–Kier alpha value is -1.39. The zero-order valence-corrected chi connectivity index (χ0v) is 13.1. The Morgan fingerprint density at radius 1 is 1.23 bits per heavy atom. The Morgan fingerprint density at radius 2 is 2.09 bits per heavy atom. The van der Waals surface area contributed by atoms with Gasteiger partial charge in [0.25, 0.3) is 0 Å². The summed E-state index contributed by atoms with van der Waals surface area (Å²) in [5, 5.41) is 9.38. The molecule has 3 unspecified atom stereocenters. The molecule has 3 heterocycles. The van der Waals surface area contributed by atoms with E-state index in [0.717, 1.165) is 30.8 Å². The van der Waals surface area contributed by atoms with E-state index in [0.29, 0.717) is 0 Å². The summed E-state index contributed by atoms with van der Waals surface area (Å²) < 4.78 is 8.06. The van der Waals surface area contributed by atoms with Gasteiger partial charge in [0.15, 0.2) is 6.23 Å². The lowest BCUT2D eigenvalue weighted by Gasteiger charge is -2.23. The minimum absolute atomic E-state index is 0.127. The SMILES string of the molecule is Cc1cc2cnn(C3CCCCO3)c2cc1C1C2CNCC21. The lowest BCUT2D eigenvalue weighted by Crippen LogP contribution is -2.19. The number of rotatable bonds is 2. The number of nitrogens with one attached hydrogen (secondary N) is 1. The van der Waals surface area contributed by atoms with Gasteiger partial charge in [0.2, 0.25) is 0 Å². The van der Waals surface area contributed by atoms with Crippen LogP contribution in [0.3, 0.4) is 0 Å².